The lowest BCUT2D eigenvalue weighted by molar-refractivity contribution is 0.542. The summed E-state index contributed by atoms with van der Waals surface area (Å²) in [5.41, 5.74) is 1.25. The number of hydrogen-bond acceptors (Lipinski definition) is 1. The maximum absolute atomic E-state index is 5.37. The Bertz CT molecular complexity index is 323. The minimum absolute atomic E-state index is 0.281. The van der Waals surface area contributed by atoms with Gasteiger partial charge in [-0.25, -0.2) is 0 Å². The second-order valence-corrected chi connectivity index (χ2v) is 4.38. The van der Waals surface area contributed by atoms with E-state index in [0.29, 0.717) is 0 Å². The molecule has 1 aromatic carbocycles. The summed E-state index contributed by atoms with van der Waals surface area (Å²) in [6.45, 7) is 3.16. The van der Waals surface area contributed by atoms with Crippen LogP contribution in [0.3, 0.4) is 0 Å². The molecule has 0 radical (unpaired) electrons. The number of benzene rings is 1. The second-order valence-electron chi connectivity index (χ2n) is 3.47. The SMILES string of the molecule is C#CCC(NCCC)c1ccc(Br)cc1. The third kappa shape index (κ3) is 4.07. The zero-order chi connectivity index (χ0) is 11.1. The largest absolute Gasteiger partial charge is 0.309 e. The van der Waals surface area contributed by atoms with Crippen molar-refractivity contribution in [1.29, 1.82) is 0 Å². The van der Waals surface area contributed by atoms with Gasteiger partial charge in [-0.1, -0.05) is 35.0 Å². The van der Waals surface area contributed by atoms with Crippen molar-refractivity contribution in [3.05, 3.63) is 34.3 Å². The number of rotatable bonds is 5. The Kier molecular flexibility index (Phi) is 5.45. The van der Waals surface area contributed by atoms with Crippen LogP contribution in [0.5, 0.6) is 0 Å². The van der Waals surface area contributed by atoms with E-state index in [1.807, 2.05) is 12.1 Å². The minimum Gasteiger partial charge on any atom is -0.309 e. The Balaban J connectivity index is 2.70. The maximum Gasteiger partial charge on any atom is 0.0430 e. The number of halogens is 1. The van der Waals surface area contributed by atoms with Crippen LogP contribution < -0.4 is 5.32 Å². The minimum atomic E-state index is 0.281. The van der Waals surface area contributed by atoms with E-state index in [-0.39, 0.29) is 6.04 Å². The number of nitrogens with one attached hydrogen (secondary N) is 1. The van der Waals surface area contributed by atoms with Gasteiger partial charge >= 0.3 is 0 Å². The molecule has 0 aliphatic heterocycles. The molecule has 0 amide bonds. The highest BCUT2D eigenvalue weighted by Gasteiger charge is 2.08. The first-order chi connectivity index (χ1) is 7.27. The van der Waals surface area contributed by atoms with Gasteiger partial charge in [0.25, 0.3) is 0 Å². The van der Waals surface area contributed by atoms with Crippen LogP contribution in [0.15, 0.2) is 28.7 Å². The van der Waals surface area contributed by atoms with E-state index in [4.69, 9.17) is 6.42 Å². The van der Waals surface area contributed by atoms with Crippen LogP contribution in [0.25, 0.3) is 0 Å². The van der Waals surface area contributed by atoms with Crippen LogP contribution in [0.1, 0.15) is 31.4 Å². The highest BCUT2D eigenvalue weighted by molar-refractivity contribution is 9.10. The third-order valence-electron chi connectivity index (χ3n) is 2.24. The second kappa shape index (κ2) is 6.66. The molecule has 1 rings (SSSR count). The van der Waals surface area contributed by atoms with Crippen LogP contribution in [0.4, 0.5) is 0 Å². The van der Waals surface area contributed by atoms with E-state index in [1.165, 1.54) is 5.56 Å². The first-order valence-electron chi connectivity index (χ1n) is 5.20. The van der Waals surface area contributed by atoms with E-state index in [1.54, 1.807) is 0 Å². The van der Waals surface area contributed by atoms with Crippen molar-refractivity contribution >= 4 is 15.9 Å². The first kappa shape index (κ1) is 12.3. The molecule has 0 saturated heterocycles. The van der Waals surface area contributed by atoms with Gasteiger partial charge in [-0.05, 0) is 30.7 Å². The molecule has 1 unspecified atom stereocenters. The lowest BCUT2D eigenvalue weighted by Crippen LogP contribution is -2.21. The molecule has 1 aromatic rings. The highest BCUT2D eigenvalue weighted by Crippen LogP contribution is 2.19. The van der Waals surface area contributed by atoms with Gasteiger partial charge in [0, 0.05) is 16.9 Å². The first-order valence-corrected chi connectivity index (χ1v) is 5.99. The van der Waals surface area contributed by atoms with Gasteiger partial charge in [0.2, 0.25) is 0 Å². The summed E-state index contributed by atoms with van der Waals surface area (Å²) in [5.74, 6) is 2.72. The molecule has 0 saturated carbocycles. The van der Waals surface area contributed by atoms with Gasteiger partial charge in [-0.3, -0.25) is 0 Å². The Hall–Kier alpha value is -0.780. The molecule has 0 aromatic heterocycles. The lowest BCUT2D eigenvalue weighted by atomic mass is 10.0. The molecule has 2 heteroatoms. The third-order valence-corrected chi connectivity index (χ3v) is 2.76. The van der Waals surface area contributed by atoms with Crippen molar-refractivity contribution in [3.8, 4) is 12.3 Å². The molecule has 0 bridgehead atoms. The van der Waals surface area contributed by atoms with Crippen molar-refractivity contribution in [2.45, 2.75) is 25.8 Å². The molecule has 1 atom stereocenters. The van der Waals surface area contributed by atoms with E-state index in [0.717, 1.165) is 23.9 Å². The Morgan fingerprint density at radius 1 is 1.40 bits per heavy atom. The summed E-state index contributed by atoms with van der Waals surface area (Å²) in [6.07, 6.45) is 7.23. The molecule has 0 aliphatic rings. The Labute approximate surface area is 100 Å². The predicted molar refractivity (Wildman–Crippen MR) is 68.6 cm³/mol. The maximum atomic E-state index is 5.37. The molecule has 0 spiro atoms. The Morgan fingerprint density at radius 3 is 2.60 bits per heavy atom. The van der Waals surface area contributed by atoms with Gasteiger partial charge in [0.05, 0.1) is 0 Å². The molecule has 1 nitrogen and oxygen atoms in total. The van der Waals surface area contributed by atoms with Gasteiger partial charge in [-0.2, -0.15) is 0 Å². The van der Waals surface area contributed by atoms with Crippen molar-refractivity contribution in [2.75, 3.05) is 6.54 Å². The highest BCUT2D eigenvalue weighted by atomic mass is 79.9. The Morgan fingerprint density at radius 2 is 2.07 bits per heavy atom. The fourth-order valence-electron chi connectivity index (χ4n) is 1.44. The number of hydrogen-bond donors (Lipinski definition) is 1. The topological polar surface area (TPSA) is 12.0 Å². The summed E-state index contributed by atoms with van der Waals surface area (Å²) in [6, 6.07) is 8.59. The fraction of sp³-hybridized carbons (Fsp3) is 0.385. The number of terminal acetylenes is 1. The summed E-state index contributed by atoms with van der Waals surface area (Å²) < 4.78 is 1.10. The smallest absolute Gasteiger partial charge is 0.0430 e. The molecule has 0 aliphatic carbocycles. The van der Waals surface area contributed by atoms with Crippen molar-refractivity contribution < 1.29 is 0 Å². The van der Waals surface area contributed by atoms with Gasteiger partial charge < -0.3 is 5.32 Å². The lowest BCUT2D eigenvalue weighted by Gasteiger charge is -2.16. The van der Waals surface area contributed by atoms with Crippen LogP contribution in [0, 0.1) is 12.3 Å². The molecule has 15 heavy (non-hydrogen) atoms. The van der Waals surface area contributed by atoms with Crippen molar-refractivity contribution in [3.63, 3.8) is 0 Å². The van der Waals surface area contributed by atoms with Crippen LogP contribution in [-0.2, 0) is 0 Å². The van der Waals surface area contributed by atoms with E-state index >= 15 is 0 Å². The summed E-state index contributed by atoms with van der Waals surface area (Å²) in [5, 5.41) is 3.45. The monoisotopic (exact) mass is 265 g/mol. The summed E-state index contributed by atoms with van der Waals surface area (Å²) >= 11 is 3.43. The van der Waals surface area contributed by atoms with Crippen molar-refractivity contribution in [1.82, 2.24) is 5.32 Å². The predicted octanol–water partition coefficient (Wildman–Crippen LogP) is 3.51. The fourth-order valence-corrected chi connectivity index (χ4v) is 1.70. The zero-order valence-corrected chi connectivity index (χ0v) is 10.5. The average molecular weight is 266 g/mol. The molecule has 0 fully saturated rings. The van der Waals surface area contributed by atoms with Crippen LogP contribution in [0.2, 0.25) is 0 Å². The van der Waals surface area contributed by atoms with Gasteiger partial charge in [0.15, 0.2) is 0 Å². The van der Waals surface area contributed by atoms with Gasteiger partial charge in [-0.15, -0.1) is 12.3 Å². The molecule has 0 heterocycles. The van der Waals surface area contributed by atoms with Crippen molar-refractivity contribution in [2.24, 2.45) is 0 Å². The zero-order valence-electron chi connectivity index (χ0n) is 8.96. The summed E-state index contributed by atoms with van der Waals surface area (Å²) in [4.78, 5) is 0. The van der Waals surface area contributed by atoms with Gasteiger partial charge in [0.1, 0.15) is 0 Å². The molecule has 80 valence electrons. The molecule has 1 N–H and O–H groups in total. The molecular formula is C13H16BrN. The quantitative estimate of drug-likeness (QED) is 0.804. The standard InChI is InChI=1S/C13H16BrN/c1-3-5-13(15-10-4-2)11-6-8-12(14)9-7-11/h1,6-9,13,15H,4-5,10H2,2H3. The van der Waals surface area contributed by atoms with E-state index in [9.17, 15) is 0 Å². The van der Waals surface area contributed by atoms with E-state index in [2.05, 4.69) is 46.2 Å². The van der Waals surface area contributed by atoms with E-state index < -0.39 is 0 Å². The molecular weight excluding hydrogens is 250 g/mol. The summed E-state index contributed by atoms with van der Waals surface area (Å²) in [7, 11) is 0. The average Bonchev–Trinajstić information content (AvgIpc) is 2.25. The van der Waals surface area contributed by atoms with Crippen LogP contribution in [-0.4, -0.2) is 6.54 Å². The van der Waals surface area contributed by atoms with Crippen LogP contribution >= 0.6 is 15.9 Å². The normalized spacial score (nSPS) is 12.1.